The monoisotopic (exact) mass is 200 g/mol. The van der Waals surface area contributed by atoms with Crippen molar-refractivity contribution in [2.24, 2.45) is 0 Å². The Bertz CT molecular complexity index is 314. The van der Waals surface area contributed by atoms with Gasteiger partial charge in [-0.3, -0.25) is 0 Å². The van der Waals surface area contributed by atoms with Crippen molar-refractivity contribution in [1.82, 2.24) is 0 Å². The molecule has 13 heavy (non-hydrogen) atoms. The second-order valence-electron chi connectivity index (χ2n) is 2.84. The van der Waals surface area contributed by atoms with Gasteiger partial charge in [0.2, 0.25) is 0 Å². The molecular weight excluding hydrogens is 192 g/mol. The number of ether oxygens (including phenoxy) is 2. The average Bonchev–Trinajstić information content (AvgIpc) is 2.16. The quantitative estimate of drug-likeness (QED) is 0.703. The van der Waals surface area contributed by atoms with Crippen molar-refractivity contribution in [2.75, 3.05) is 12.5 Å². The second kappa shape index (κ2) is 3.34. The van der Waals surface area contributed by atoms with Crippen LogP contribution < -0.4 is 9.47 Å². The highest BCUT2D eigenvalue weighted by Crippen LogP contribution is 2.34. The minimum Gasteiger partial charge on any atom is -0.508 e. The van der Waals surface area contributed by atoms with Gasteiger partial charge >= 0.3 is 0 Å². The molecule has 1 aliphatic heterocycles. The molecule has 0 spiro atoms. The number of alkyl halides is 1. The Morgan fingerprint density at radius 3 is 3.08 bits per heavy atom. The number of benzene rings is 1. The van der Waals surface area contributed by atoms with Crippen LogP contribution in [0.5, 0.6) is 17.2 Å². The predicted octanol–water partition coefficient (Wildman–Crippen LogP) is 1.77. The molecule has 4 heteroatoms. The van der Waals surface area contributed by atoms with Gasteiger partial charge in [-0.15, -0.1) is 11.6 Å². The van der Waals surface area contributed by atoms with Gasteiger partial charge in [0.15, 0.2) is 11.5 Å². The van der Waals surface area contributed by atoms with Crippen molar-refractivity contribution in [3.63, 3.8) is 0 Å². The van der Waals surface area contributed by atoms with Crippen LogP contribution >= 0.6 is 11.6 Å². The van der Waals surface area contributed by atoms with E-state index in [0.717, 1.165) is 0 Å². The molecule has 1 aromatic carbocycles. The van der Waals surface area contributed by atoms with Crippen LogP contribution in [-0.2, 0) is 0 Å². The van der Waals surface area contributed by atoms with Crippen LogP contribution in [0.1, 0.15) is 0 Å². The van der Waals surface area contributed by atoms with Gasteiger partial charge in [0.05, 0.1) is 5.88 Å². The topological polar surface area (TPSA) is 38.7 Å². The summed E-state index contributed by atoms with van der Waals surface area (Å²) in [5.41, 5.74) is 0. The molecule has 0 fully saturated rings. The highest BCUT2D eigenvalue weighted by atomic mass is 35.5. The normalized spacial score (nSPS) is 19.9. The van der Waals surface area contributed by atoms with Crippen molar-refractivity contribution in [1.29, 1.82) is 0 Å². The Labute approximate surface area is 80.8 Å². The van der Waals surface area contributed by atoms with Gasteiger partial charge < -0.3 is 14.6 Å². The summed E-state index contributed by atoms with van der Waals surface area (Å²) in [6.45, 7) is 0.460. The van der Waals surface area contributed by atoms with Gasteiger partial charge in [-0.25, -0.2) is 0 Å². The SMILES string of the molecule is Oc1ccc2c(c1)OC(CCl)CO2. The first-order valence-corrected chi connectivity index (χ1v) is 4.51. The molecule has 0 saturated heterocycles. The predicted molar refractivity (Wildman–Crippen MR) is 48.7 cm³/mol. The number of phenolic OH excluding ortho intramolecular Hbond substituents is 1. The van der Waals surface area contributed by atoms with Crippen LogP contribution in [0.15, 0.2) is 18.2 Å². The number of fused-ring (bicyclic) bond motifs is 1. The molecule has 70 valence electrons. The van der Waals surface area contributed by atoms with Crippen LogP contribution in [0, 0.1) is 0 Å². The third-order valence-corrected chi connectivity index (χ3v) is 2.16. The van der Waals surface area contributed by atoms with Gasteiger partial charge in [0, 0.05) is 6.07 Å². The first kappa shape index (κ1) is 8.51. The van der Waals surface area contributed by atoms with Crippen molar-refractivity contribution in [2.45, 2.75) is 6.10 Å². The van der Waals surface area contributed by atoms with Gasteiger partial charge in [0.25, 0.3) is 0 Å². The Morgan fingerprint density at radius 1 is 1.46 bits per heavy atom. The second-order valence-corrected chi connectivity index (χ2v) is 3.14. The van der Waals surface area contributed by atoms with E-state index in [0.29, 0.717) is 24.0 Å². The lowest BCUT2D eigenvalue weighted by Crippen LogP contribution is -2.30. The summed E-state index contributed by atoms with van der Waals surface area (Å²) in [5.74, 6) is 1.75. The van der Waals surface area contributed by atoms with E-state index in [1.165, 1.54) is 6.07 Å². The van der Waals surface area contributed by atoms with Gasteiger partial charge in [-0.1, -0.05) is 0 Å². The van der Waals surface area contributed by atoms with E-state index in [2.05, 4.69) is 0 Å². The summed E-state index contributed by atoms with van der Waals surface area (Å²) in [5, 5.41) is 9.18. The summed E-state index contributed by atoms with van der Waals surface area (Å²) in [6.07, 6.45) is -0.129. The maximum Gasteiger partial charge on any atom is 0.165 e. The number of hydrogen-bond acceptors (Lipinski definition) is 3. The Balaban J connectivity index is 2.27. The molecule has 0 aromatic heterocycles. The van der Waals surface area contributed by atoms with Gasteiger partial charge in [0.1, 0.15) is 18.5 Å². The number of phenols is 1. The molecule has 0 bridgehead atoms. The lowest BCUT2D eigenvalue weighted by atomic mass is 10.2. The fourth-order valence-electron chi connectivity index (χ4n) is 1.18. The van der Waals surface area contributed by atoms with Crippen molar-refractivity contribution < 1.29 is 14.6 Å². The highest BCUT2D eigenvalue weighted by Gasteiger charge is 2.20. The molecule has 1 unspecified atom stereocenters. The summed E-state index contributed by atoms with van der Waals surface area (Å²) in [7, 11) is 0. The summed E-state index contributed by atoms with van der Waals surface area (Å²) in [6, 6.07) is 4.76. The molecule has 1 aliphatic rings. The first-order valence-electron chi connectivity index (χ1n) is 3.98. The zero-order valence-electron chi connectivity index (χ0n) is 6.87. The molecular formula is C9H9ClO3. The molecule has 0 aliphatic carbocycles. The van der Waals surface area contributed by atoms with Crippen LogP contribution in [0.4, 0.5) is 0 Å². The van der Waals surface area contributed by atoms with E-state index < -0.39 is 0 Å². The minimum absolute atomic E-state index is 0.129. The lowest BCUT2D eigenvalue weighted by molar-refractivity contribution is 0.106. The number of aromatic hydroxyl groups is 1. The van der Waals surface area contributed by atoms with E-state index in [4.69, 9.17) is 21.1 Å². The van der Waals surface area contributed by atoms with Gasteiger partial charge in [-0.2, -0.15) is 0 Å². The zero-order valence-corrected chi connectivity index (χ0v) is 7.62. The fraction of sp³-hybridized carbons (Fsp3) is 0.333. The van der Waals surface area contributed by atoms with Gasteiger partial charge in [-0.05, 0) is 12.1 Å². The molecule has 1 heterocycles. The molecule has 0 radical (unpaired) electrons. The van der Waals surface area contributed by atoms with Crippen LogP contribution in [-0.4, -0.2) is 23.7 Å². The molecule has 0 amide bonds. The largest absolute Gasteiger partial charge is 0.508 e. The average molecular weight is 201 g/mol. The smallest absolute Gasteiger partial charge is 0.165 e. The zero-order chi connectivity index (χ0) is 9.26. The van der Waals surface area contributed by atoms with Crippen LogP contribution in [0.2, 0.25) is 0 Å². The number of hydrogen-bond donors (Lipinski definition) is 1. The fourth-order valence-corrected chi connectivity index (χ4v) is 1.33. The molecule has 2 rings (SSSR count). The van der Waals surface area contributed by atoms with E-state index >= 15 is 0 Å². The summed E-state index contributed by atoms with van der Waals surface area (Å²) >= 11 is 5.62. The number of rotatable bonds is 1. The molecule has 1 N–H and O–H groups in total. The van der Waals surface area contributed by atoms with Crippen LogP contribution in [0.3, 0.4) is 0 Å². The summed E-state index contributed by atoms with van der Waals surface area (Å²) in [4.78, 5) is 0. The van der Waals surface area contributed by atoms with Crippen molar-refractivity contribution >= 4 is 11.6 Å². The first-order chi connectivity index (χ1) is 6.29. The Hall–Kier alpha value is -1.09. The van der Waals surface area contributed by atoms with Crippen LogP contribution in [0.25, 0.3) is 0 Å². The molecule has 3 nitrogen and oxygen atoms in total. The Kier molecular flexibility index (Phi) is 2.19. The van der Waals surface area contributed by atoms with E-state index in [-0.39, 0.29) is 11.9 Å². The summed E-state index contributed by atoms with van der Waals surface area (Å²) < 4.78 is 10.8. The van der Waals surface area contributed by atoms with E-state index in [1.807, 2.05) is 0 Å². The molecule has 0 saturated carbocycles. The Morgan fingerprint density at radius 2 is 2.31 bits per heavy atom. The lowest BCUT2D eigenvalue weighted by Gasteiger charge is -2.24. The standard InChI is InChI=1S/C9H9ClO3/c10-4-7-5-12-8-2-1-6(11)3-9(8)13-7/h1-3,7,11H,4-5H2. The maximum absolute atomic E-state index is 9.18. The number of halogens is 1. The highest BCUT2D eigenvalue weighted by molar-refractivity contribution is 6.18. The third kappa shape index (κ3) is 1.65. The van der Waals surface area contributed by atoms with Crippen molar-refractivity contribution in [3.05, 3.63) is 18.2 Å². The molecule has 1 atom stereocenters. The molecule has 1 aromatic rings. The minimum atomic E-state index is -0.129. The van der Waals surface area contributed by atoms with E-state index in [9.17, 15) is 5.11 Å². The maximum atomic E-state index is 9.18. The van der Waals surface area contributed by atoms with E-state index in [1.54, 1.807) is 12.1 Å². The van der Waals surface area contributed by atoms with Crippen molar-refractivity contribution in [3.8, 4) is 17.2 Å². The third-order valence-electron chi connectivity index (χ3n) is 1.82.